The van der Waals surface area contributed by atoms with Crippen molar-refractivity contribution >= 4 is 21.3 Å². The molecular formula is C11H14O7P2. The van der Waals surface area contributed by atoms with E-state index in [1.54, 1.807) is 6.07 Å². The van der Waals surface area contributed by atoms with E-state index in [2.05, 4.69) is 0 Å². The first-order valence-corrected chi connectivity index (χ1v) is 8.87. The van der Waals surface area contributed by atoms with Gasteiger partial charge in [0.15, 0.2) is 0 Å². The number of aliphatic hydroxyl groups is 1. The van der Waals surface area contributed by atoms with E-state index in [4.69, 9.17) is 0 Å². The van der Waals surface area contributed by atoms with Gasteiger partial charge in [0.2, 0.25) is 4.90 Å². The van der Waals surface area contributed by atoms with E-state index in [0.29, 0.717) is 0 Å². The number of fused-ring (bicyclic) bond motifs is 1. The van der Waals surface area contributed by atoms with Gasteiger partial charge in [-0.05, 0) is 23.6 Å². The van der Waals surface area contributed by atoms with Gasteiger partial charge in [0.25, 0.3) is 0 Å². The lowest BCUT2D eigenvalue weighted by Crippen LogP contribution is -2.31. The lowest BCUT2D eigenvalue weighted by atomic mass is 10.1. The van der Waals surface area contributed by atoms with Crippen LogP contribution in [0.15, 0.2) is 29.8 Å². The Balaban J connectivity index is 2.95. The highest BCUT2D eigenvalue weighted by atomic mass is 31.2. The minimum atomic E-state index is -5.30. The molecular weight excluding hydrogens is 306 g/mol. The average molecular weight is 320 g/mol. The van der Waals surface area contributed by atoms with Crippen molar-refractivity contribution in [3.05, 3.63) is 41.0 Å². The zero-order valence-corrected chi connectivity index (χ0v) is 12.2. The van der Waals surface area contributed by atoms with E-state index < -0.39 is 26.2 Å². The molecule has 0 saturated carbocycles. The Bertz CT molecular complexity index is 645. The second-order valence-corrected chi connectivity index (χ2v) is 8.49. The molecule has 1 aliphatic carbocycles. The minimum absolute atomic E-state index is 0.169. The number of aliphatic hydroxyl groups excluding tert-OH is 1. The zero-order chi connectivity index (χ0) is 15.3. The predicted octanol–water partition coefficient (Wildman–Crippen LogP) is 0.973. The molecule has 0 spiro atoms. The van der Waals surface area contributed by atoms with Crippen molar-refractivity contribution in [2.45, 2.75) is 17.9 Å². The average Bonchev–Trinajstić information content (AvgIpc) is 2.63. The van der Waals surface area contributed by atoms with Gasteiger partial charge in [-0.25, -0.2) is 0 Å². The largest absolute Gasteiger partial charge is 0.389 e. The first kappa shape index (κ1) is 15.6. The Morgan fingerprint density at radius 1 is 1.05 bits per heavy atom. The summed E-state index contributed by atoms with van der Waals surface area (Å²) in [5.74, 6) is 0. The van der Waals surface area contributed by atoms with Crippen molar-refractivity contribution in [1.82, 2.24) is 0 Å². The molecule has 0 amide bonds. The van der Waals surface area contributed by atoms with Crippen LogP contribution in [0, 0.1) is 0 Å². The van der Waals surface area contributed by atoms with Crippen LogP contribution in [0.5, 0.6) is 0 Å². The van der Waals surface area contributed by atoms with E-state index in [1.807, 2.05) is 0 Å². The second-order valence-electron chi connectivity index (χ2n) is 4.62. The molecule has 20 heavy (non-hydrogen) atoms. The molecule has 1 aromatic rings. The second kappa shape index (κ2) is 4.61. The van der Waals surface area contributed by atoms with Crippen LogP contribution in [0.1, 0.15) is 18.1 Å². The molecule has 0 radical (unpaired) electrons. The lowest BCUT2D eigenvalue weighted by molar-refractivity contribution is 0.217. The fraction of sp³-hybridized carbons (Fsp3) is 0.273. The van der Waals surface area contributed by atoms with Crippen molar-refractivity contribution in [2.75, 3.05) is 0 Å². The van der Waals surface area contributed by atoms with Gasteiger partial charge >= 0.3 is 15.2 Å². The summed E-state index contributed by atoms with van der Waals surface area (Å²) in [4.78, 5) is 35.7. The first-order chi connectivity index (χ1) is 9.03. The zero-order valence-electron chi connectivity index (χ0n) is 10.4. The van der Waals surface area contributed by atoms with Crippen LogP contribution in [0.3, 0.4) is 0 Å². The van der Waals surface area contributed by atoms with E-state index in [1.165, 1.54) is 31.2 Å². The van der Waals surface area contributed by atoms with Gasteiger partial charge in [0, 0.05) is 0 Å². The monoisotopic (exact) mass is 320 g/mol. The third-order valence-electron chi connectivity index (χ3n) is 3.34. The van der Waals surface area contributed by atoms with Gasteiger partial charge in [-0.15, -0.1) is 0 Å². The van der Waals surface area contributed by atoms with Gasteiger partial charge < -0.3 is 24.7 Å². The molecule has 0 heterocycles. The molecule has 0 aromatic heterocycles. The van der Waals surface area contributed by atoms with Crippen LogP contribution in [0.2, 0.25) is 0 Å². The van der Waals surface area contributed by atoms with Crippen molar-refractivity contribution in [3.8, 4) is 0 Å². The summed E-state index contributed by atoms with van der Waals surface area (Å²) in [6.45, 7) is 1.21. The predicted molar refractivity (Wildman–Crippen MR) is 71.9 cm³/mol. The van der Waals surface area contributed by atoms with Crippen LogP contribution in [0.4, 0.5) is 0 Å². The van der Waals surface area contributed by atoms with Crippen LogP contribution >= 0.6 is 15.2 Å². The Morgan fingerprint density at radius 3 is 2.00 bits per heavy atom. The highest BCUT2D eigenvalue weighted by Crippen LogP contribution is 2.80. The van der Waals surface area contributed by atoms with Gasteiger partial charge in [-0.3, -0.25) is 9.13 Å². The molecule has 110 valence electrons. The van der Waals surface area contributed by atoms with E-state index in [0.717, 1.165) is 0 Å². The summed E-state index contributed by atoms with van der Waals surface area (Å²) in [5.41, 5.74) is -0.270. The minimum Gasteiger partial charge on any atom is -0.389 e. The molecule has 5 N–H and O–H groups in total. The maximum absolute atomic E-state index is 11.9. The van der Waals surface area contributed by atoms with E-state index >= 15 is 0 Å². The number of rotatable bonds is 3. The molecule has 9 heteroatoms. The van der Waals surface area contributed by atoms with Crippen LogP contribution in [-0.2, 0) is 14.0 Å². The summed E-state index contributed by atoms with van der Waals surface area (Å²) >= 11 is 0. The Labute approximate surface area is 114 Å². The Hall–Kier alpha value is -0.780. The van der Waals surface area contributed by atoms with E-state index in [9.17, 15) is 33.8 Å². The first-order valence-electron chi connectivity index (χ1n) is 5.64. The summed E-state index contributed by atoms with van der Waals surface area (Å²) in [6, 6.07) is 5.73. The third-order valence-corrected chi connectivity index (χ3v) is 7.59. The molecule has 1 atom stereocenters. The fourth-order valence-electron chi connectivity index (χ4n) is 2.60. The van der Waals surface area contributed by atoms with Crippen LogP contribution in [0.25, 0.3) is 6.08 Å². The molecule has 0 fully saturated rings. The normalized spacial score (nSPS) is 19.4. The summed E-state index contributed by atoms with van der Waals surface area (Å²) < 4.78 is 23.9. The smallest absolute Gasteiger partial charge is 0.352 e. The van der Waals surface area contributed by atoms with Crippen molar-refractivity contribution in [2.24, 2.45) is 0 Å². The molecule has 0 bridgehead atoms. The van der Waals surface area contributed by atoms with Gasteiger partial charge in [0.1, 0.15) is 0 Å². The lowest BCUT2D eigenvalue weighted by Gasteiger charge is -2.35. The van der Waals surface area contributed by atoms with Crippen LogP contribution < -0.4 is 0 Å². The van der Waals surface area contributed by atoms with E-state index in [-0.39, 0.29) is 16.7 Å². The molecule has 0 aliphatic heterocycles. The molecule has 7 nitrogen and oxygen atoms in total. The third kappa shape index (κ3) is 1.95. The Kier molecular flexibility index (Phi) is 3.60. The summed E-state index contributed by atoms with van der Waals surface area (Å²) in [6.07, 6.45) is -0.194. The fourth-order valence-corrected chi connectivity index (χ4v) is 6.16. The summed E-state index contributed by atoms with van der Waals surface area (Å²) in [7, 11) is -10.6. The van der Waals surface area contributed by atoms with Gasteiger partial charge in [-0.2, -0.15) is 0 Å². The quantitative estimate of drug-likeness (QED) is 0.524. The molecule has 0 saturated heterocycles. The SMILES string of the molecule is CC(O)C1=Cc2ccccc2C1(P(=O)(O)O)P(=O)(O)O. The number of hydrogen-bond donors (Lipinski definition) is 5. The van der Waals surface area contributed by atoms with Gasteiger partial charge in [-0.1, -0.05) is 30.3 Å². The highest BCUT2D eigenvalue weighted by Gasteiger charge is 2.66. The molecule has 1 aromatic carbocycles. The standard InChI is InChI=1S/C11H14O7P2/c1-7(12)10-6-8-4-2-3-5-9(8)11(10,19(13,14)15)20(16,17)18/h2-7,12H,1H3,(H2,13,14,15)(H2,16,17,18). The van der Waals surface area contributed by atoms with Crippen molar-refractivity contribution in [1.29, 1.82) is 0 Å². The molecule has 1 aliphatic rings. The highest BCUT2D eigenvalue weighted by molar-refractivity contribution is 7.72. The topological polar surface area (TPSA) is 135 Å². The molecule has 1 unspecified atom stereocenters. The molecule has 2 rings (SSSR count). The number of hydrogen-bond acceptors (Lipinski definition) is 3. The van der Waals surface area contributed by atoms with Crippen LogP contribution in [-0.4, -0.2) is 30.8 Å². The maximum atomic E-state index is 11.9. The van der Waals surface area contributed by atoms with Gasteiger partial charge in [0.05, 0.1) is 6.10 Å². The number of benzene rings is 1. The van der Waals surface area contributed by atoms with Crippen molar-refractivity contribution in [3.63, 3.8) is 0 Å². The Morgan fingerprint density at radius 2 is 1.55 bits per heavy atom. The maximum Gasteiger partial charge on any atom is 0.352 e. The van der Waals surface area contributed by atoms with Crippen molar-refractivity contribution < 1.29 is 33.8 Å². The summed E-state index contributed by atoms with van der Waals surface area (Å²) in [5, 5.41) is 9.73.